The number of carbonyl (C=O) groups is 1. The summed E-state index contributed by atoms with van der Waals surface area (Å²) in [6.45, 7) is 0. The summed E-state index contributed by atoms with van der Waals surface area (Å²) >= 11 is 3.98. The molecule has 0 aromatic heterocycles. The fraction of sp³-hybridized carbons (Fsp3) is 0.579. The van der Waals surface area contributed by atoms with E-state index in [1.807, 2.05) is 0 Å². The van der Waals surface area contributed by atoms with Crippen molar-refractivity contribution < 1.29 is 9.53 Å². The van der Waals surface area contributed by atoms with Gasteiger partial charge in [-0.15, -0.1) is 0 Å². The van der Waals surface area contributed by atoms with Gasteiger partial charge in [0, 0.05) is 4.32 Å². The third-order valence-electron chi connectivity index (χ3n) is 5.85. The minimum atomic E-state index is -0.132. The quantitative estimate of drug-likeness (QED) is 0.442. The molecule has 4 heteroatoms. The van der Waals surface area contributed by atoms with E-state index in [2.05, 4.69) is 22.0 Å². The highest BCUT2D eigenvalue weighted by molar-refractivity contribution is 9.10. The van der Waals surface area contributed by atoms with Crippen LogP contribution in [0, 0.1) is 28.6 Å². The van der Waals surface area contributed by atoms with Gasteiger partial charge in [-0.25, -0.2) is 0 Å². The normalized spacial score (nSPS) is 37.4. The molecule has 1 aromatic rings. The standard InChI is InChI=1S/C19H20BrNO2/c20-19-8-14-5-15(9-19)7-18(6-14,12-19)10-17(22)23-16-3-1-13(11-21)2-4-16/h1-4,14-15H,5-10,12H2/t14-,15-,18?,19?/m1/s1. The molecule has 3 nitrogen and oxygen atoms in total. The number of benzene rings is 1. The van der Waals surface area contributed by atoms with Gasteiger partial charge in [-0.3, -0.25) is 4.79 Å². The fourth-order valence-corrected chi connectivity index (χ4v) is 7.12. The largest absolute Gasteiger partial charge is 0.427 e. The van der Waals surface area contributed by atoms with E-state index in [-0.39, 0.29) is 15.7 Å². The first-order chi connectivity index (χ1) is 11.0. The van der Waals surface area contributed by atoms with Gasteiger partial charge >= 0.3 is 5.97 Å². The number of hydrogen-bond acceptors (Lipinski definition) is 3. The number of rotatable bonds is 3. The first-order valence-electron chi connectivity index (χ1n) is 8.37. The fourth-order valence-electron chi connectivity index (χ4n) is 5.61. The first-order valence-corrected chi connectivity index (χ1v) is 9.17. The Kier molecular flexibility index (Phi) is 3.53. The van der Waals surface area contributed by atoms with E-state index < -0.39 is 0 Å². The zero-order valence-electron chi connectivity index (χ0n) is 13.1. The molecule has 5 rings (SSSR count). The van der Waals surface area contributed by atoms with Crippen LogP contribution in [0.15, 0.2) is 24.3 Å². The third-order valence-corrected chi connectivity index (χ3v) is 6.77. The van der Waals surface area contributed by atoms with Crippen LogP contribution >= 0.6 is 15.9 Å². The molecule has 0 radical (unpaired) electrons. The van der Waals surface area contributed by atoms with Crippen molar-refractivity contribution in [1.82, 2.24) is 0 Å². The highest BCUT2D eigenvalue weighted by atomic mass is 79.9. The van der Waals surface area contributed by atoms with Gasteiger partial charge in [0.2, 0.25) is 0 Å². The van der Waals surface area contributed by atoms with Crippen molar-refractivity contribution in [3.63, 3.8) is 0 Å². The van der Waals surface area contributed by atoms with Gasteiger partial charge in [0.25, 0.3) is 0 Å². The molecule has 120 valence electrons. The molecule has 1 aromatic carbocycles. The molecule has 4 aliphatic rings. The number of halogens is 1. The van der Waals surface area contributed by atoms with Gasteiger partial charge in [-0.2, -0.15) is 5.26 Å². The van der Waals surface area contributed by atoms with Gasteiger partial charge in [-0.05, 0) is 80.0 Å². The molecule has 0 N–H and O–H groups in total. The van der Waals surface area contributed by atoms with Crippen LogP contribution in [0.3, 0.4) is 0 Å². The second-order valence-corrected chi connectivity index (χ2v) is 9.58. The van der Waals surface area contributed by atoms with Gasteiger partial charge in [-0.1, -0.05) is 15.9 Å². The van der Waals surface area contributed by atoms with Gasteiger partial charge in [0.1, 0.15) is 5.75 Å². The Morgan fingerprint density at radius 3 is 2.43 bits per heavy atom. The zero-order valence-corrected chi connectivity index (χ0v) is 14.6. The average Bonchev–Trinajstić information content (AvgIpc) is 2.44. The lowest BCUT2D eigenvalue weighted by molar-refractivity contribution is -0.141. The Balaban J connectivity index is 1.45. The Hall–Kier alpha value is -1.34. The van der Waals surface area contributed by atoms with E-state index in [9.17, 15) is 4.79 Å². The van der Waals surface area contributed by atoms with Crippen molar-refractivity contribution >= 4 is 21.9 Å². The van der Waals surface area contributed by atoms with Crippen LogP contribution in [0.2, 0.25) is 0 Å². The molecule has 0 aliphatic heterocycles. The molecule has 0 unspecified atom stereocenters. The molecule has 4 saturated carbocycles. The Morgan fingerprint density at radius 2 is 1.87 bits per heavy atom. The van der Waals surface area contributed by atoms with Crippen molar-refractivity contribution in [2.24, 2.45) is 17.3 Å². The van der Waals surface area contributed by atoms with Crippen molar-refractivity contribution in [2.75, 3.05) is 0 Å². The number of nitrogens with zero attached hydrogens (tertiary/aromatic N) is 1. The van der Waals surface area contributed by atoms with Crippen molar-refractivity contribution in [3.8, 4) is 11.8 Å². The molecule has 4 bridgehead atoms. The molecule has 4 aliphatic carbocycles. The smallest absolute Gasteiger partial charge is 0.311 e. The lowest BCUT2D eigenvalue weighted by Gasteiger charge is -2.60. The number of hydrogen-bond donors (Lipinski definition) is 0. The number of ether oxygens (including phenoxy) is 1. The van der Waals surface area contributed by atoms with Crippen molar-refractivity contribution in [1.29, 1.82) is 5.26 Å². The van der Waals surface area contributed by atoms with E-state index in [1.54, 1.807) is 24.3 Å². The maximum Gasteiger partial charge on any atom is 0.311 e. The van der Waals surface area contributed by atoms with Crippen LogP contribution < -0.4 is 4.74 Å². The van der Waals surface area contributed by atoms with E-state index in [4.69, 9.17) is 10.00 Å². The molecule has 0 amide bonds. The van der Waals surface area contributed by atoms with E-state index in [1.165, 1.54) is 32.1 Å². The second kappa shape index (κ2) is 5.34. The molecule has 2 atom stereocenters. The third kappa shape index (κ3) is 2.92. The predicted octanol–water partition coefficient (Wildman–Crippen LogP) is 4.59. The Bertz CT molecular complexity index is 662. The number of carbonyl (C=O) groups excluding carboxylic acids is 1. The molecule has 23 heavy (non-hydrogen) atoms. The topological polar surface area (TPSA) is 50.1 Å². The number of alkyl halides is 1. The van der Waals surface area contributed by atoms with Crippen LogP contribution in [0.25, 0.3) is 0 Å². The lowest BCUT2D eigenvalue weighted by Crippen LogP contribution is -2.53. The summed E-state index contributed by atoms with van der Waals surface area (Å²) in [7, 11) is 0. The molecular formula is C19H20BrNO2. The van der Waals surface area contributed by atoms with Crippen LogP contribution in [0.4, 0.5) is 0 Å². The summed E-state index contributed by atoms with van der Waals surface area (Å²) in [5, 5.41) is 8.81. The SMILES string of the molecule is N#Cc1ccc(OC(=O)CC23C[C@H]4C[C@@H](CC(Br)(C4)C2)C3)cc1. The maximum atomic E-state index is 12.5. The molecular weight excluding hydrogens is 354 g/mol. The highest BCUT2D eigenvalue weighted by Crippen LogP contribution is 2.65. The van der Waals surface area contributed by atoms with Crippen LogP contribution in [0.1, 0.15) is 50.5 Å². The van der Waals surface area contributed by atoms with Crippen LogP contribution in [-0.2, 0) is 4.79 Å². The summed E-state index contributed by atoms with van der Waals surface area (Å²) < 4.78 is 5.79. The van der Waals surface area contributed by atoms with Crippen molar-refractivity contribution in [3.05, 3.63) is 29.8 Å². The maximum absolute atomic E-state index is 12.5. The van der Waals surface area contributed by atoms with E-state index in [0.717, 1.165) is 18.3 Å². The summed E-state index contributed by atoms with van der Waals surface area (Å²) in [6, 6.07) is 8.82. The van der Waals surface area contributed by atoms with Crippen LogP contribution in [0.5, 0.6) is 5.75 Å². The second-order valence-electron chi connectivity index (χ2n) is 7.90. The molecule has 4 fully saturated rings. The minimum Gasteiger partial charge on any atom is -0.427 e. The predicted molar refractivity (Wildman–Crippen MR) is 90.2 cm³/mol. The molecule has 0 saturated heterocycles. The van der Waals surface area contributed by atoms with Crippen LogP contribution in [-0.4, -0.2) is 10.3 Å². The Labute approximate surface area is 145 Å². The number of esters is 1. The summed E-state index contributed by atoms with van der Waals surface area (Å²) in [5.41, 5.74) is 0.712. The first kappa shape index (κ1) is 15.2. The van der Waals surface area contributed by atoms with E-state index >= 15 is 0 Å². The summed E-state index contributed by atoms with van der Waals surface area (Å²) in [6.07, 6.45) is 7.88. The van der Waals surface area contributed by atoms with E-state index in [0.29, 0.717) is 17.7 Å². The zero-order chi connectivity index (χ0) is 16.1. The van der Waals surface area contributed by atoms with Gasteiger partial charge in [0.05, 0.1) is 18.1 Å². The molecule has 0 spiro atoms. The number of nitriles is 1. The minimum absolute atomic E-state index is 0.132. The van der Waals surface area contributed by atoms with Gasteiger partial charge in [0.15, 0.2) is 0 Å². The Morgan fingerprint density at radius 1 is 1.22 bits per heavy atom. The monoisotopic (exact) mass is 373 g/mol. The summed E-state index contributed by atoms with van der Waals surface area (Å²) in [5.74, 6) is 1.96. The lowest BCUT2D eigenvalue weighted by atomic mass is 9.49. The summed E-state index contributed by atoms with van der Waals surface area (Å²) in [4.78, 5) is 12.5. The molecule has 0 heterocycles. The average molecular weight is 374 g/mol. The highest BCUT2D eigenvalue weighted by Gasteiger charge is 2.57. The van der Waals surface area contributed by atoms with Crippen molar-refractivity contribution in [2.45, 2.75) is 49.3 Å². The van der Waals surface area contributed by atoms with Gasteiger partial charge < -0.3 is 4.74 Å².